The number of carbonyl (C=O) groups excluding carboxylic acids is 3. The highest BCUT2D eigenvalue weighted by Crippen LogP contribution is 2.30. The number of rotatable bonds is 7. The summed E-state index contributed by atoms with van der Waals surface area (Å²) in [7, 11) is -4.22. The highest BCUT2D eigenvalue weighted by Gasteiger charge is 2.37. The van der Waals surface area contributed by atoms with Crippen LogP contribution in [-0.2, 0) is 19.7 Å². The Morgan fingerprint density at radius 1 is 0.972 bits per heavy atom. The van der Waals surface area contributed by atoms with Crippen molar-refractivity contribution in [2.75, 3.05) is 11.5 Å². The van der Waals surface area contributed by atoms with Crippen molar-refractivity contribution < 1.29 is 31.7 Å². The van der Waals surface area contributed by atoms with Gasteiger partial charge in [0.25, 0.3) is 11.8 Å². The molecule has 4 amide bonds. The lowest BCUT2D eigenvalue weighted by Gasteiger charge is -2.26. The van der Waals surface area contributed by atoms with E-state index >= 15 is 0 Å². The minimum Gasteiger partial charge on any atom is -0.494 e. The number of benzene rings is 3. The number of ether oxygens (including phenoxy) is 1. The number of imide groups is 2. The summed E-state index contributed by atoms with van der Waals surface area (Å²) in [4.78, 5) is 39.0. The smallest absolute Gasteiger partial charge is 0.339 e. The number of nitrogens with zero attached hydrogens (tertiary/aromatic N) is 1. The van der Waals surface area contributed by atoms with Crippen LogP contribution in [0.15, 0.2) is 83.3 Å². The second-order valence-electron chi connectivity index (χ2n) is 7.42. The molecule has 4 rings (SSSR count). The van der Waals surface area contributed by atoms with E-state index in [-0.39, 0.29) is 26.9 Å². The van der Waals surface area contributed by atoms with E-state index < -0.39 is 33.5 Å². The average molecular weight is 527 g/mol. The van der Waals surface area contributed by atoms with Crippen LogP contribution < -0.4 is 19.1 Å². The number of hydrogen-bond acceptors (Lipinski definition) is 7. The van der Waals surface area contributed by atoms with Crippen molar-refractivity contribution in [1.82, 2.24) is 5.32 Å². The Morgan fingerprint density at radius 2 is 1.67 bits per heavy atom. The molecule has 0 atom stereocenters. The monoisotopic (exact) mass is 526 g/mol. The van der Waals surface area contributed by atoms with Gasteiger partial charge in [-0.2, -0.15) is 8.42 Å². The van der Waals surface area contributed by atoms with E-state index in [1.54, 1.807) is 30.3 Å². The first-order valence-electron chi connectivity index (χ1n) is 10.6. The molecule has 0 bridgehead atoms. The Balaban J connectivity index is 1.71. The van der Waals surface area contributed by atoms with E-state index in [0.717, 1.165) is 11.0 Å². The van der Waals surface area contributed by atoms with Gasteiger partial charge >= 0.3 is 16.1 Å². The van der Waals surface area contributed by atoms with Gasteiger partial charge in [-0.05, 0) is 67.6 Å². The van der Waals surface area contributed by atoms with Crippen LogP contribution in [0.3, 0.4) is 0 Å². The Hall–Kier alpha value is -4.15. The molecule has 36 heavy (non-hydrogen) atoms. The summed E-state index contributed by atoms with van der Waals surface area (Å²) >= 11 is 6.09. The lowest BCUT2D eigenvalue weighted by atomic mass is 10.1. The average Bonchev–Trinajstić information content (AvgIpc) is 2.85. The molecule has 0 aliphatic carbocycles. The van der Waals surface area contributed by atoms with E-state index in [4.69, 9.17) is 20.5 Å². The normalized spacial score (nSPS) is 15.1. The van der Waals surface area contributed by atoms with Crippen LogP contribution >= 0.6 is 11.6 Å². The zero-order chi connectivity index (χ0) is 25.9. The summed E-state index contributed by atoms with van der Waals surface area (Å²) in [5, 5.41) is 2.32. The molecule has 1 fully saturated rings. The van der Waals surface area contributed by atoms with Gasteiger partial charge in [-0.15, -0.1) is 0 Å². The van der Waals surface area contributed by atoms with Gasteiger partial charge in [0.05, 0.1) is 12.3 Å². The third-order valence-electron chi connectivity index (χ3n) is 5.01. The molecule has 1 aliphatic rings. The van der Waals surface area contributed by atoms with Gasteiger partial charge in [-0.25, -0.2) is 9.69 Å². The Labute approximate surface area is 212 Å². The zero-order valence-corrected chi connectivity index (χ0v) is 20.4. The van der Waals surface area contributed by atoms with Crippen LogP contribution in [0, 0.1) is 0 Å². The topological polar surface area (TPSA) is 119 Å². The molecule has 1 aliphatic heterocycles. The largest absolute Gasteiger partial charge is 0.494 e. The van der Waals surface area contributed by atoms with E-state index in [1.165, 1.54) is 42.5 Å². The first kappa shape index (κ1) is 25.0. The second-order valence-corrected chi connectivity index (χ2v) is 9.40. The molecule has 3 aromatic rings. The summed E-state index contributed by atoms with van der Waals surface area (Å²) in [5.41, 5.74) is -0.178. The van der Waals surface area contributed by atoms with Crippen LogP contribution in [0.25, 0.3) is 6.08 Å². The minimum absolute atomic E-state index is 0.0431. The Kier molecular flexibility index (Phi) is 7.09. The summed E-state index contributed by atoms with van der Waals surface area (Å²) in [5.74, 6) is -1.49. The summed E-state index contributed by atoms with van der Waals surface area (Å²) in [6.07, 6.45) is 1.12. The molecule has 1 saturated heterocycles. The van der Waals surface area contributed by atoms with Crippen LogP contribution in [0.1, 0.15) is 12.5 Å². The van der Waals surface area contributed by atoms with E-state index in [2.05, 4.69) is 5.32 Å². The van der Waals surface area contributed by atoms with Crippen molar-refractivity contribution in [1.29, 1.82) is 0 Å². The molecule has 0 unspecified atom stereocenters. The number of amides is 4. The van der Waals surface area contributed by atoms with Crippen molar-refractivity contribution in [2.45, 2.75) is 11.8 Å². The lowest BCUT2D eigenvalue weighted by molar-refractivity contribution is -0.122. The summed E-state index contributed by atoms with van der Waals surface area (Å²) in [6, 6.07) is 16.7. The number of hydrogen-bond donors (Lipinski definition) is 1. The molecule has 1 N–H and O–H groups in total. The molecule has 0 radical (unpaired) electrons. The van der Waals surface area contributed by atoms with Crippen molar-refractivity contribution >= 4 is 51.3 Å². The molecule has 3 aromatic carbocycles. The van der Waals surface area contributed by atoms with Gasteiger partial charge in [-0.1, -0.05) is 29.8 Å². The number of anilines is 1. The van der Waals surface area contributed by atoms with Gasteiger partial charge in [0.1, 0.15) is 22.0 Å². The van der Waals surface area contributed by atoms with E-state index in [0.29, 0.717) is 12.4 Å². The first-order chi connectivity index (χ1) is 17.2. The maximum atomic E-state index is 13.2. The fourth-order valence-corrected chi connectivity index (χ4v) is 4.52. The third kappa shape index (κ3) is 5.24. The maximum Gasteiger partial charge on any atom is 0.339 e. The quantitative estimate of drug-likeness (QED) is 0.279. The van der Waals surface area contributed by atoms with Crippen LogP contribution in [-0.4, -0.2) is 32.9 Å². The molecule has 11 heteroatoms. The van der Waals surface area contributed by atoms with Crippen LogP contribution in [0.2, 0.25) is 5.02 Å². The number of halogens is 1. The number of barbiturate groups is 1. The molecule has 9 nitrogen and oxygen atoms in total. The minimum atomic E-state index is -4.22. The molecular weight excluding hydrogens is 508 g/mol. The van der Waals surface area contributed by atoms with Crippen molar-refractivity contribution in [3.63, 3.8) is 0 Å². The summed E-state index contributed by atoms with van der Waals surface area (Å²) in [6.45, 7) is 2.25. The SMILES string of the molecule is CCOc1ccc(N2C(=O)NC(=O)/C(=C\c3cc(Cl)ccc3OS(=O)(=O)c3ccccc3)C2=O)cc1. The van der Waals surface area contributed by atoms with Gasteiger partial charge in [-0.3, -0.25) is 14.9 Å². The molecule has 1 heterocycles. The number of nitrogens with one attached hydrogen (secondary N) is 1. The van der Waals surface area contributed by atoms with E-state index in [9.17, 15) is 22.8 Å². The van der Waals surface area contributed by atoms with E-state index in [1.807, 2.05) is 6.92 Å². The van der Waals surface area contributed by atoms with Crippen LogP contribution in [0.4, 0.5) is 10.5 Å². The molecule has 0 saturated carbocycles. The Morgan fingerprint density at radius 3 is 2.33 bits per heavy atom. The lowest BCUT2D eigenvalue weighted by Crippen LogP contribution is -2.54. The predicted octanol–water partition coefficient (Wildman–Crippen LogP) is 4.17. The predicted molar refractivity (Wildman–Crippen MR) is 132 cm³/mol. The highest BCUT2D eigenvalue weighted by molar-refractivity contribution is 7.87. The third-order valence-corrected chi connectivity index (χ3v) is 6.49. The van der Waals surface area contributed by atoms with Gasteiger partial charge in [0, 0.05) is 10.6 Å². The van der Waals surface area contributed by atoms with Gasteiger partial charge in [0.2, 0.25) is 0 Å². The van der Waals surface area contributed by atoms with Gasteiger partial charge < -0.3 is 8.92 Å². The molecule has 0 aromatic heterocycles. The fraction of sp³-hybridized carbons (Fsp3) is 0.0800. The number of carbonyl (C=O) groups is 3. The summed E-state index contributed by atoms with van der Waals surface area (Å²) < 4.78 is 36.1. The van der Waals surface area contributed by atoms with Crippen molar-refractivity contribution in [3.8, 4) is 11.5 Å². The highest BCUT2D eigenvalue weighted by atomic mass is 35.5. The molecular formula is C25H19ClN2O7S. The van der Waals surface area contributed by atoms with Crippen molar-refractivity contribution in [3.05, 3.63) is 89.0 Å². The van der Waals surface area contributed by atoms with Crippen LogP contribution in [0.5, 0.6) is 11.5 Å². The maximum absolute atomic E-state index is 13.2. The first-order valence-corrected chi connectivity index (χ1v) is 12.4. The molecule has 0 spiro atoms. The van der Waals surface area contributed by atoms with Gasteiger partial charge in [0.15, 0.2) is 0 Å². The Bertz CT molecular complexity index is 1470. The fourth-order valence-electron chi connectivity index (χ4n) is 3.37. The molecule has 184 valence electrons. The second kappa shape index (κ2) is 10.2. The zero-order valence-electron chi connectivity index (χ0n) is 18.8. The van der Waals surface area contributed by atoms with Crippen molar-refractivity contribution in [2.24, 2.45) is 0 Å². The standard InChI is InChI=1S/C25H19ClN2O7S/c1-2-34-19-11-9-18(10-12-19)28-24(30)21(23(29)27-25(28)31)15-16-14-17(26)8-13-22(16)35-36(32,33)20-6-4-3-5-7-20/h3-15H,2H2,1H3,(H,27,29,31)/b21-15+. The number of urea groups is 1.